The van der Waals surface area contributed by atoms with E-state index in [-0.39, 0.29) is 29.5 Å². The third-order valence-electron chi connectivity index (χ3n) is 5.26. The first-order valence-electron chi connectivity index (χ1n) is 9.98. The molecule has 0 saturated carbocycles. The molecular weight excluding hydrogens is 376 g/mol. The van der Waals surface area contributed by atoms with Crippen molar-refractivity contribution in [1.82, 2.24) is 0 Å². The third kappa shape index (κ3) is 4.52. The van der Waals surface area contributed by atoms with Crippen LogP contribution in [0.5, 0.6) is 0 Å². The first kappa shape index (κ1) is 21.1. The fraction of sp³-hybridized carbons (Fsp3) is 0.280. The van der Waals surface area contributed by atoms with Crippen molar-refractivity contribution in [3.63, 3.8) is 0 Å². The van der Waals surface area contributed by atoms with Gasteiger partial charge in [0.15, 0.2) is 23.3 Å². The van der Waals surface area contributed by atoms with Crippen LogP contribution in [-0.2, 0) is 25.7 Å². The lowest BCUT2D eigenvalue weighted by Gasteiger charge is -2.11. The second-order valence-corrected chi connectivity index (χ2v) is 7.21. The highest BCUT2D eigenvalue weighted by Crippen LogP contribution is 2.28. The quantitative estimate of drug-likeness (QED) is 0.368. The van der Waals surface area contributed by atoms with Gasteiger partial charge in [-0.05, 0) is 53.5 Å². The Hall–Kier alpha value is -2.62. The zero-order chi connectivity index (χ0) is 21.0. The zero-order valence-electron chi connectivity index (χ0n) is 16.7. The minimum Gasteiger partial charge on any atom is -0.203 e. The molecule has 0 amide bonds. The standard InChI is InChI=1S/C25H24F4/c1-3-5-18-10-11-19(23(27)22(18)26)12-13-20-14-15-21(25(29)24(20)28)17-8-6-16(4-2)7-9-17/h6-11,14-15H,3-5,12-13H2,1-2H3. The first-order valence-corrected chi connectivity index (χ1v) is 9.98. The van der Waals surface area contributed by atoms with Gasteiger partial charge in [0.25, 0.3) is 0 Å². The maximum Gasteiger partial charge on any atom is 0.166 e. The summed E-state index contributed by atoms with van der Waals surface area (Å²) in [4.78, 5) is 0. The lowest BCUT2D eigenvalue weighted by atomic mass is 9.97. The summed E-state index contributed by atoms with van der Waals surface area (Å²) in [5.41, 5.74) is 2.56. The molecule has 0 radical (unpaired) electrons. The van der Waals surface area contributed by atoms with Gasteiger partial charge in [0, 0.05) is 5.56 Å². The molecule has 0 unspecified atom stereocenters. The van der Waals surface area contributed by atoms with Gasteiger partial charge >= 0.3 is 0 Å². The van der Waals surface area contributed by atoms with E-state index in [1.807, 2.05) is 26.0 Å². The topological polar surface area (TPSA) is 0 Å². The van der Waals surface area contributed by atoms with E-state index in [0.29, 0.717) is 24.0 Å². The maximum absolute atomic E-state index is 14.6. The largest absolute Gasteiger partial charge is 0.203 e. The average molecular weight is 400 g/mol. The van der Waals surface area contributed by atoms with Crippen molar-refractivity contribution in [3.05, 3.63) is 94.1 Å². The highest BCUT2D eigenvalue weighted by Gasteiger charge is 2.17. The molecule has 3 rings (SSSR count). The van der Waals surface area contributed by atoms with Crippen LogP contribution in [0.2, 0.25) is 0 Å². The highest BCUT2D eigenvalue weighted by molar-refractivity contribution is 5.65. The predicted molar refractivity (Wildman–Crippen MR) is 109 cm³/mol. The number of rotatable bonds is 7. The number of halogens is 4. The van der Waals surface area contributed by atoms with E-state index in [4.69, 9.17) is 0 Å². The van der Waals surface area contributed by atoms with Gasteiger partial charge in [-0.25, -0.2) is 17.6 Å². The minimum atomic E-state index is -0.939. The lowest BCUT2D eigenvalue weighted by Crippen LogP contribution is -2.03. The van der Waals surface area contributed by atoms with E-state index in [0.717, 1.165) is 12.0 Å². The van der Waals surface area contributed by atoms with Gasteiger partial charge < -0.3 is 0 Å². The molecule has 0 atom stereocenters. The third-order valence-corrected chi connectivity index (χ3v) is 5.26. The Bertz CT molecular complexity index is 991. The van der Waals surface area contributed by atoms with Crippen molar-refractivity contribution in [2.45, 2.75) is 46.0 Å². The molecule has 29 heavy (non-hydrogen) atoms. The Morgan fingerprint density at radius 1 is 0.552 bits per heavy atom. The van der Waals surface area contributed by atoms with E-state index < -0.39 is 23.3 Å². The fourth-order valence-electron chi connectivity index (χ4n) is 3.48. The molecule has 152 valence electrons. The summed E-state index contributed by atoms with van der Waals surface area (Å²) in [7, 11) is 0. The van der Waals surface area contributed by atoms with Gasteiger partial charge in [-0.3, -0.25) is 0 Å². The second kappa shape index (κ2) is 9.25. The lowest BCUT2D eigenvalue weighted by molar-refractivity contribution is 0.485. The molecular formula is C25H24F4. The van der Waals surface area contributed by atoms with Crippen molar-refractivity contribution >= 4 is 0 Å². The molecule has 3 aromatic carbocycles. The van der Waals surface area contributed by atoms with Crippen LogP contribution in [0.4, 0.5) is 17.6 Å². The van der Waals surface area contributed by atoms with Crippen LogP contribution in [0.15, 0.2) is 48.5 Å². The van der Waals surface area contributed by atoms with Crippen LogP contribution >= 0.6 is 0 Å². The molecule has 0 aliphatic carbocycles. The average Bonchev–Trinajstić information content (AvgIpc) is 2.74. The predicted octanol–water partition coefficient (Wildman–Crippen LogP) is 7.21. The summed E-state index contributed by atoms with van der Waals surface area (Å²) in [6.07, 6.45) is 2.22. The minimum absolute atomic E-state index is 0.0846. The molecule has 3 aromatic rings. The molecule has 0 bridgehead atoms. The smallest absolute Gasteiger partial charge is 0.166 e. The number of hydrogen-bond acceptors (Lipinski definition) is 0. The molecule has 0 aromatic heterocycles. The number of aryl methyl sites for hydroxylation is 4. The Balaban J connectivity index is 1.80. The van der Waals surface area contributed by atoms with Crippen molar-refractivity contribution in [2.24, 2.45) is 0 Å². The van der Waals surface area contributed by atoms with Crippen molar-refractivity contribution < 1.29 is 17.6 Å². The van der Waals surface area contributed by atoms with Crippen molar-refractivity contribution in [1.29, 1.82) is 0 Å². The van der Waals surface area contributed by atoms with E-state index in [1.165, 1.54) is 18.2 Å². The Morgan fingerprint density at radius 3 is 1.55 bits per heavy atom. The van der Waals surface area contributed by atoms with Crippen molar-refractivity contribution in [3.8, 4) is 11.1 Å². The van der Waals surface area contributed by atoms with E-state index in [9.17, 15) is 17.6 Å². The second-order valence-electron chi connectivity index (χ2n) is 7.21. The van der Waals surface area contributed by atoms with Gasteiger partial charge in [0.1, 0.15) is 0 Å². The molecule has 0 N–H and O–H groups in total. The van der Waals surface area contributed by atoms with Gasteiger partial charge in [0.2, 0.25) is 0 Å². The summed E-state index contributed by atoms with van der Waals surface area (Å²) >= 11 is 0. The summed E-state index contributed by atoms with van der Waals surface area (Å²) in [6.45, 7) is 3.92. The first-order chi connectivity index (χ1) is 14.0. The molecule has 0 saturated heterocycles. The van der Waals surface area contributed by atoms with Crippen LogP contribution in [0.3, 0.4) is 0 Å². The number of hydrogen-bond donors (Lipinski definition) is 0. The molecule has 0 fully saturated rings. The van der Waals surface area contributed by atoms with Crippen LogP contribution in [-0.4, -0.2) is 0 Å². The Labute approximate surface area is 169 Å². The fourth-order valence-corrected chi connectivity index (χ4v) is 3.48. The molecule has 4 heteroatoms. The zero-order valence-corrected chi connectivity index (χ0v) is 16.7. The van der Waals surface area contributed by atoms with Gasteiger partial charge in [-0.15, -0.1) is 0 Å². The summed E-state index contributed by atoms with van der Waals surface area (Å²) < 4.78 is 57.6. The molecule has 0 nitrogen and oxygen atoms in total. The normalized spacial score (nSPS) is 11.1. The summed E-state index contributed by atoms with van der Waals surface area (Å²) in [5.74, 6) is -3.60. The number of benzene rings is 3. The highest BCUT2D eigenvalue weighted by atomic mass is 19.2. The molecule has 0 aliphatic rings. The Kier molecular flexibility index (Phi) is 6.73. The molecule has 0 heterocycles. The molecule has 0 spiro atoms. The monoisotopic (exact) mass is 400 g/mol. The Morgan fingerprint density at radius 2 is 1.03 bits per heavy atom. The van der Waals surface area contributed by atoms with Gasteiger partial charge in [0.05, 0.1) is 0 Å². The van der Waals surface area contributed by atoms with Crippen LogP contribution < -0.4 is 0 Å². The van der Waals surface area contributed by atoms with Gasteiger partial charge in [-0.2, -0.15) is 0 Å². The van der Waals surface area contributed by atoms with Crippen LogP contribution in [0.1, 0.15) is 42.5 Å². The van der Waals surface area contributed by atoms with Crippen LogP contribution in [0, 0.1) is 23.3 Å². The van der Waals surface area contributed by atoms with Crippen molar-refractivity contribution in [2.75, 3.05) is 0 Å². The van der Waals surface area contributed by atoms with Gasteiger partial charge in [-0.1, -0.05) is 68.8 Å². The summed E-state index contributed by atoms with van der Waals surface area (Å²) in [5, 5.41) is 0. The SMILES string of the molecule is CCCc1ccc(CCc2ccc(-c3ccc(CC)cc3)c(F)c2F)c(F)c1F. The molecule has 0 aliphatic heterocycles. The van der Waals surface area contributed by atoms with E-state index in [2.05, 4.69) is 0 Å². The van der Waals surface area contributed by atoms with E-state index >= 15 is 0 Å². The van der Waals surface area contributed by atoms with E-state index in [1.54, 1.807) is 18.2 Å². The maximum atomic E-state index is 14.6. The van der Waals surface area contributed by atoms with Crippen LogP contribution in [0.25, 0.3) is 11.1 Å². The summed E-state index contributed by atoms with van der Waals surface area (Å²) in [6, 6.07) is 13.5.